The highest BCUT2D eigenvalue weighted by Gasteiger charge is 2.40. The van der Waals surface area contributed by atoms with Crippen LogP contribution in [-0.2, 0) is 15.7 Å². The van der Waals surface area contributed by atoms with E-state index in [1.165, 1.54) is 29.5 Å². The van der Waals surface area contributed by atoms with E-state index >= 15 is 0 Å². The van der Waals surface area contributed by atoms with Crippen molar-refractivity contribution in [2.45, 2.75) is 43.0 Å². The van der Waals surface area contributed by atoms with Crippen molar-refractivity contribution in [3.05, 3.63) is 63.5 Å². The molecule has 0 spiro atoms. The Labute approximate surface area is 242 Å². The molecule has 3 atom stereocenters. The number of rotatable bonds is 5. The van der Waals surface area contributed by atoms with E-state index in [0.29, 0.717) is 34.8 Å². The van der Waals surface area contributed by atoms with Gasteiger partial charge in [0.05, 0.1) is 23.7 Å². The lowest BCUT2D eigenvalue weighted by Crippen LogP contribution is -2.58. The van der Waals surface area contributed by atoms with Gasteiger partial charge in [0.2, 0.25) is 5.91 Å². The lowest BCUT2D eigenvalue weighted by molar-refractivity contribution is -0.137. The Morgan fingerprint density at radius 3 is 2.45 bits per heavy atom. The monoisotopic (exact) mass is 636 g/mol. The predicted molar refractivity (Wildman–Crippen MR) is 154 cm³/mol. The van der Waals surface area contributed by atoms with E-state index in [-0.39, 0.29) is 41.4 Å². The van der Waals surface area contributed by atoms with Crippen LogP contribution in [0.25, 0.3) is 22.0 Å². The smallest absolute Gasteiger partial charge is 0.383 e. The fourth-order valence-corrected chi connectivity index (χ4v) is 7.40. The molecule has 1 aromatic heterocycles. The largest absolute Gasteiger partial charge is 0.417 e. The zero-order valence-corrected chi connectivity index (χ0v) is 24.6. The maximum atomic E-state index is 14.7. The molecule has 2 aliphatic heterocycles. The highest BCUT2D eigenvalue weighted by atomic mass is 79.9. The summed E-state index contributed by atoms with van der Waals surface area (Å²) in [6.07, 6.45) is -3.41. The van der Waals surface area contributed by atoms with Crippen LogP contribution in [0.3, 0.4) is 0 Å². The number of aromatic nitrogens is 2. The number of hydrogen-bond donors (Lipinski definition) is 0. The van der Waals surface area contributed by atoms with E-state index in [1.54, 1.807) is 29.2 Å². The summed E-state index contributed by atoms with van der Waals surface area (Å²) < 4.78 is 51.8. The summed E-state index contributed by atoms with van der Waals surface area (Å²) in [5.74, 6) is 0.327. The first kappa shape index (κ1) is 28.7. The van der Waals surface area contributed by atoms with Crippen LogP contribution in [0.5, 0.6) is 0 Å². The number of amides is 1. The molecule has 0 unspecified atom stereocenters. The molecule has 7 nitrogen and oxygen atoms in total. The second-order valence-corrected chi connectivity index (χ2v) is 12.0. The predicted octanol–water partition coefficient (Wildman–Crippen LogP) is 5.75. The van der Waals surface area contributed by atoms with Gasteiger partial charge in [-0.3, -0.25) is 9.36 Å². The highest BCUT2D eigenvalue weighted by Crippen LogP contribution is 2.50. The van der Waals surface area contributed by atoms with Crippen molar-refractivity contribution in [1.29, 1.82) is 0 Å². The van der Waals surface area contributed by atoms with Crippen LogP contribution < -0.4 is 10.6 Å². The van der Waals surface area contributed by atoms with Gasteiger partial charge in [0.1, 0.15) is 5.82 Å². The summed E-state index contributed by atoms with van der Waals surface area (Å²) in [5.41, 5.74) is -0.463. The summed E-state index contributed by atoms with van der Waals surface area (Å²) >= 11 is 4.66. The number of thioether (sulfide) groups is 1. The molecule has 40 heavy (non-hydrogen) atoms. The number of carbonyl (C=O) groups is 1. The minimum absolute atomic E-state index is 0.0433. The topological polar surface area (TPSA) is 67.7 Å². The second-order valence-electron chi connectivity index (χ2n) is 10.1. The van der Waals surface area contributed by atoms with Gasteiger partial charge in [-0.25, -0.2) is 4.79 Å². The third-order valence-electron chi connectivity index (χ3n) is 7.37. The van der Waals surface area contributed by atoms with Crippen LogP contribution >= 0.6 is 27.7 Å². The lowest BCUT2D eigenvalue weighted by atomic mass is 9.96. The van der Waals surface area contributed by atoms with E-state index in [0.717, 1.165) is 10.5 Å². The Hall–Kier alpha value is -2.83. The van der Waals surface area contributed by atoms with Gasteiger partial charge in [0.15, 0.2) is 0 Å². The quantitative estimate of drug-likeness (QED) is 0.332. The van der Waals surface area contributed by atoms with Crippen LogP contribution in [0.15, 0.2) is 57.1 Å². The number of methoxy groups -OCH3 is 1. The van der Waals surface area contributed by atoms with Crippen LogP contribution in [0.2, 0.25) is 0 Å². The summed E-state index contributed by atoms with van der Waals surface area (Å²) in [7, 11) is 1.52. The molecule has 3 heterocycles. The first-order valence-corrected chi connectivity index (χ1v) is 14.5. The average molecular weight is 638 g/mol. The lowest BCUT2D eigenvalue weighted by Gasteiger charge is -2.45. The molecule has 1 amide bonds. The summed E-state index contributed by atoms with van der Waals surface area (Å²) in [6, 6.07) is 6.86. The standard InChI is InChI=1S/C28H28BrF3N4O3S/c1-5-22(37)35-15(2)11-34(12-16(35)3)26-20-10-21(28(30,31)32)23(17-6-8-18(29)9-7-17)25-24(20)36(27(38)33-26)19(13-39-4)14-40-25/h5-10,15-16,19H,1,11-14H2,2-4H3/t15-,16+,19-/m0/s1. The number of halogens is 4. The van der Waals surface area contributed by atoms with Gasteiger partial charge in [-0.1, -0.05) is 34.6 Å². The van der Waals surface area contributed by atoms with Gasteiger partial charge in [-0.15, -0.1) is 11.8 Å². The molecule has 0 bridgehead atoms. The third kappa shape index (κ3) is 4.94. The van der Waals surface area contributed by atoms with Gasteiger partial charge in [0, 0.05) is 58.4 Å². The molecule has 1 saturated heterocycles. The van der Waals surface area contributed by atoms with Crippen LogP contribution in [0.4, 0.5) is 19.0 Å². The van der Waals surface area contributed by atoms with Crippen molar-refractivity contribution >= 4 is 50.3 Å². The Morgan fingerprint density at radius 1 is 1.23 bits per heavy atom. The van der Waals surface area contributed by atoms with Gasteiger partial charge >= 0.3 is 11.9 Å². The molecular weight excluding hydrogens is 609 g/mol. The van der Waals surface area contributed by atoms with E-state index in [4.69, 9.17) is 4.74 Å². The van der Waals surface area contributed by atoms with Crippen molar-refractivity contribution in [2.75, 3.05) is 37.5 Å². The van der Waals surface area contributed by atoms with Crippen molar-refractivity contribution in [2.24, 2.45) is 0 Å². The fourth-order valence-electron chi connectivity index (χ4n) is 5.81. The highest BCUT2D eigenvalue weighted by molar-refractivity contribution is 9.10. The molecule has 212 valence electrons. The van der Waals surface area contributed by atoms with E-state index in [9.17, 15) is 22.8 Å². The first-order chi connectivity index (χ1) is 19.0. The minimum Gasteiger partial charge on any atom is -0.383 e. The van der Waals surface area contributed by atoms with E-state index in [2.05, 4.69) is 27.5 Å². The summed E-state index contributed by atoms with van der Waals surface area (Å²) in [4.78, 5) is 34.3. The normalized spacial score (nSPS) is 21.1. The Kier molecular flexibility index (Phi) is 7.79. The minimum atomic E-state index is -4.66. The first-order valence-electron chi connectivity index (χ1n) is 12.7. The van der Waals surface area contributed by atoms with Crippen molar-refractivity contribution in [3.8, 4) is 11.1 Å². The number of piperazine rings is 1. The average Bonchev–Trinajstić information content (AvgIpc) is 2.90. The van der Waals surface area contributed by atoms with Crippen molar-refractivity contribution in [3.63, 3.8) is 0 Å². The number of alkyl halides is 3. The maximum absolute atomic E-state index is 14.7. The fraction of sp³-hybridized carbons (Fsp3) is 0.393. The number of anilines is 1. The van der Waals surface area contributed by atoms with E-state index in [1.807, 2.05) is 18.7 Å². The molecule has 0 N–H and O–H groups in total. The number of hydrogen-bond acceptors (Lipinski definition) is 6. The maximum Gasteiger partial charge on any atom is 0.417 e. The molecule has 0 aliphatic carbocycles. The molecule has 12 heteroatoms. The number of benzene rings is 2. The van der Waals surface area contributed by atoms with Crippen LogP contribution in [0, 0.1) is 0 Å². The number of carbonyl (C=O) groups excluding carboxylic acids is 1. The molecule has 2 aliphatic rings. The second kappa shape index (κ2) is 10.9. The third-order valence-corrected chi connectivity index (χ3v) is 9.14. The zero-order chi connectivity index (χ0) is 28.9. The van der Waals surface area contributed by atoms with Gasteiger partial charge in [-0.05, 0) is 43.7 Å². The summed E-state index contributed by atoms with van der Waals surface area (Å²) in [5, 5.41) is 0.249. The molecule has 0 saturated carbocycles. The van der Waals surface area contributed by atoms with Gasteiger partial charge in [-0.2, -0.15) is 18.2 Å². The molecule has 2 aromatic carbocycles. The van der Waals surface area contributed by atoms with Gasteiger partial charge in [0.25, 0.3) is 0 Å². The molecular formula is C28H28BrF3N4O3S. The summed E-state index contributed by atoms with van der Waals surface area (Å²) in [6.45, 7) is 8.12. The molecule has 1 fully saturated rings. The SMILES string of the molecule is C=CC(=O)N1[C@H](C)CN(c2nc(=O)n3c4c(c(-c5ccc(Br)cc5)c(C(F)(F)F)cc24)SC[C@@H]3COC)C[C@@H]1C. The zero-order valence-electron chi connectivity index (χ0n) is 22.2. The number of nitrogens with zero attached hydrogens (tertiary/aromatic N) is 4. The molecule has 0 radical (unpaired) electrons. The molecule has 5 rings (SSSR count). The van der Waals surface area contributed by atoms with Crippen LogP contribution in [0.1, 0.15) is 25.5 Å². The van der Waals surface area contributed by atoms with Crippen LogP contribution in [-0.4, -0.2) is 65.0 Å². The molecule has 3 aromatic rings. The Bertz CT molecular complexity index is 1530. The Morgan fingerprint density at radius 2 is 1.88 bits per heavy atom. The van der Waals surface area contributed by atoms with Crippen molar-refractivity contribution < 1.29 is 22.7 Å². The van der Waals surface area contributed by atoms with E-state index < -0.39 is 23.5 Å². The van der Waals surface area contributed by atoms with Gasteiger partial charge < -0.3 is 14.5 Å². The Balaban J connectivity index is 1.81. The number of ether oxygens (including phenoxy) is 1. The van der Waals surface area contributed by atoms with Crippen molar-refractivity contribution in [1.82, 2.24) is 14.5 Å².